The van der Waals surface area contributed by atoms with Gasteiger partial charge in [-0.05, 0) is 35.6 Å². The monoisotopic (exact) mass is 605 g/mol. The standard InChI is InChI=1S/C30H38F3N5O3S/c1-30(2,3)27(38(12-11-23(34)18-31)29(39)36-13-15-42(40,41)16-14-36)28-35-26(24-17-22(32)9-10-25(24)33)20-37(28)19-21-7-5-4-6-8-21/h4-10,17,20,23,27H,11-16,18-19,34H2,1-3H3/t23-,27-/m0/s1. The minimum Gasteiger partial charge on any atom is -0.328 e. The number of carbonyl (C=O) groups excluding carboxylic acids is 1. The minimum atomic E-state index is -3.25. The second-order valence-corrected chi connectivity index (χ2v) is 14.1. The van der Waals surface area contributed by atoms with Crippen LogP contribution in [0, 0.1) is 17.0 Å². The maximum absolute atomic E-state index is 14.9. The van der Waals surface area contributed by atoms with Gasteiger partial charge in [-0.25, -0.2) is 31.4 Å². The van der Waals surface area contributed by atoms with Gasteiger partial charge in [0.25, 0.3) is 0 Å². The number of nitrogens with zero attached hydrogens (tertiary/aromatic N) is 4. The van der Waals surface area contributed by atoms with Crippen molar-refractivity contribution in [1.29, 1.82) is 0 Å². The lowest BCUT2D eigenvalue weighted by Gasteiger charge is -2.43. The van der Waals surface area contributed by atoms with Crippen molar-refractivity contribution in [3.63, 3.8) is 0 Å². The van der Waals surface area contributed by atoms with Crippen LogP contribution in [0.3, 0.4) is 0 Å². The summed E-state index contributed by atoms with van der Waals surface area (Å²) in [6, 6.07) is 10.7. The number of alkyl halides is 1. The number of imidazole rings is 1. The van der Waals surface area contributed by atoms with Crippen molar-refractivity contribution in [3.8, 4) is 11.3 Å². The molecule has 0 spiro atoms. The highest BCUT2D eigenvalue weighted by atomic mass is 32.2. The molecule has 1 saturated heterocycles. The van der Waals surface area contributed by atoms with Crippen LogP contribution in [-0.4, -0.2) is 77.7 Å². The predicted octanol–water partition coefficient (Wildman–Crippen LogP) is 4.80. The molecule has 1 aromatic heterocycles. The highest BCUT2D eigenvalue weighted by Crippen LogP contribution is 2.40. The number of benzene rings is 2. The first-order valence-corrected chi connectivity index (χ1v) is 15.7. The van der Waals surface area contributed by atoms with E-state index >= 15 is 0 Å². The molecular weight excluding hydrogens is 567 g/mol. The molecule has 0 unspecified atom stereocenters. The van der Waals surface area contributed by atoms with E-state index in [9.17, 15) is 26.4 Å². The summed E-state index contributed by atoms with van der Waals surface area (Å²) in [6.45, 7) is 5.49. The molecule has 2 amide bonds. The van der Waals surface area contributed by atoms with Crippen molar-refractivity contribution < 1.29 is 26.4 Å². The van der Waals surface area contributed by atoms with Gasteiger partial charge in [-0.3, -0.25) is 0 Å². The molecule has 2 heterocycles. The topological polar surface area (TPSA) is 102 Å². The van der Waals surface area contributed by atoms with Gasteiger partial charge in [0.2, 0.25) is 0 Å². The summed E-state index contributed by atoms with van der Waals surface area (Å²) in [6.07, 6.45) is 1.80. The second kappa shape index (κ2) is 12.9. The van der Waals surface area contributed by atoms with Gasteiger partial charge in [-0.1, -0.05) is 51.1 Å². The van der Waals surface area contributed by atoms with E-state index in [-0.39, 0.29) is 48.8 Å². The number of carbonyl (C=O) groups is 1. The molecule has 1 aliphatic heterocycles. The van der Waals surface area contributed by atoms with Gasteiger partial charge in [0.1, 0.15) is 24.1 Å². The molecule has 8 nitrogen and oxygen atoms in total. The number of halogens is 3. The third-order valence-electron chi connectivity index (χ3n) is 7.38. The lowest BCUT2D eigenvalue weighted by Crippen LogP contribution is -2.53. The van der Waals surface area contributed by atoms with Gasteiger partial charge >= 0.3 is 6.03 Å². The summed E-state index contributed by atoms with van der Waals surface area (Å²) in [7, 11) is -3.25. The van der Waals surface area contributed by atoms with Gasteiger partial charge in [0, 0.05) is 44.0 Å². The molecule has 1 aliphatic rings. The highest BCUT2D eigenvalue weighted by molar-refractivity contribution is 7.91. The average Bonchev–Trinajstić information content (AvgIpc) is 3.33. The van der Waals surface area contributed by atoms with Crippen molar-refractivity contribution in [2.45, 2.75) is 45.8 Å². The van der Waals surface area contributed by atoms with Gasteiger partial charge in [0.15, 0.2) is 9.84 Å². The molecule has 42 heavy (non-hydrogen) atoms. The van der Waals surface area contributed by atoms with Crippen LogP contribution in [0.4, 0.5) is 18.0 Å². The van der Waals surface area contributed by atoms with E-state index in [2.05, 4.69) is 0 Å². The zero-order chi connectivity index (χ0) is 30.7. The Kier molecular flexibility index (Phi) is 9.67. The van der Waals surface area contributed by atoms with E-state index in [1.807, 2.05) is 55.7 Å². The predicted molar refractivity (Wildman–Crippen MR) is 156 cm³/mol. The van der Waals surface area contributed by atoms with Crippen LogP contribution in [0.2, 0.25) is 0 Å². The van der Waals surface area contributed by atoms with Crippen molar-refractivity contribution in [1.82, 2.24) is 19.4 Å². The van der Waals surface area contributed by atoms with E-state index in [1.54, 1.807) is 11.1 Å². The molecule has 12 heteroatoms. The number of rotatable bonds is 9. The van der Waals surface area contributed by atoms with E-state index in [4.69, 9.17) is 10.7 Å². The fourth-order valence-electron chi connectivity index (χ4n) is 5.18. The second-order valence-electron chi connectivity index (χ2n) is 11.8. The number of hydrogen-bond acceptors (Lipinski definition) is 5. The molecule has 3 aromatic rings. The molecule has 0 aliphatic carbocycles. The molecule has 2 aromatic carbocycles. The smallest absolute Gasteiger partial charge is 0.320 e. The third kappa shape index (κ3) is 7.52. The zero-order valence-corrected chi connectivity index (χ0v) is 25.0. The number of sulfone groups is 1. The van der Waals surface area contributed by atoms with Crippen molar-refractivity contribution in [3.05, 3.63) is 77.8 Å². The number of hydrogen-bond donors (Lipinski definition) is 1. The quantitative estimate of drug-likeness (QED) is 0.378. The summed E-state index contributed by atoms with van der Waals surface area (Å²) < 4.78 is 68.5. The first-order valence-electron chi connectivity index (χ1n) is 13.9. The average molecular weight is 606 g/mol. The van der Waals surface area contributed by atoms with E-state index in [0.29, 0.717) is 12.4 Å². The SMILES string of the molecule is CC(C)(C)[C@H](c1nc(-c2cc(F)ccc2F)cn1Cc1ccccc1)N(CC[C@H](N)CF)C(=O)N1CCS(=O)(=O)CC1. The Morgan fingerprint density at radius 3 is 2.38 bits per heavy atom. The van der Waals surface area contributed by atoms with Crippen LogP contribution in [0.5, 0.6) is 0 Å². The fourth-order valence-corrected chi connectivity index (χ4v) is 6.38. The Morgan fingerprint density at radius 1 is 1.10 bits per heavy atom. The fraction of sp³-hybridized carbons (Fsp3) is 0.467. The number of urea groups is 1. The maximum Gasteiger partial charge on any atom is 0.320 e. The number of aromatic nitrogens is 2. The van der Waals surface area contributed by atoms with Gasteiger partial charge in [0.05, 0.1) is 23.2 Å². The molecule has 0 radical (unpaired) electrons. The van der Waals surface area contributed by atoms with Gasteiger partial charge in [-0.2, -0.15) is 0 Å². The summed E-state index contributed by atoms with van der Waals surface area (Å²) in [5, 5.41) is 0. The van der Waals surface area contributed by atoms with Gasteiger partial charge < -0.3 is 20.1 Å². The van der Waals surface area contributed by atoms with E-state index in [1.165, 1.54) is 4.90 Å². The Balaban J connectivity index is 1.85. The maximum atomic E-state index is 14.9. The van der Waals surface area contributed by atoms with Crippen LogP contribution in [-0.2, 0) is 16.4 Å². The molecule has 1 fully saturated rings. The summed E-state index contributed by atoms with van der Waals surface area (Å²) in [5.41, 5.74) is 6.38. The Labute approximate surface area is 245 Å². The normalized spacial score (nSPS) is 16.7. The molecule has 0 saturated carbocycles. The van der Waals surface area contributed by atoms with Crippen molar-refractivity contribution in [2.24, 2.45) is 11.1 Å². The summed E-state index contributed by atoms with van der Waals surface area (Å²) >= 11 is 0. The van der Waals surface area contributed by atoms with Crippen LogP contribution in [0.1, 0.15) is 44.6 Å². The lowest BCUT2D eigenvalue weighted by atomic mass is 9.84. The molecule has 228 valence electrons. The Morgan fingerprint density at radius 2 is 1.76 bits per heavy atom. The van der Waals surface area contributed by atoms with Crippen LogP contribution in [0.25, 0.3) is 11.3 Å². The third-order valence-corrected chi connectivity index (χ3v) is 8.99. The van der Waals surface area contributed by atoms with E-state index < -0.39 is 51.7 Å². The Hall–Kier alpha value is -3.38. The lowest BCUT2D eigenvalue weighted by molar-refractivity contribution is 0.0826. The summed E-state index contributed by atoms with van der Waals surface area (Å²) in [4.78, 5) is 22.0. The first kappa shape index (κ1) is 31.6. The highest BCUT2D eigenvalue weighted by Gasteiger charge is 2.41. The molecule has 2 N–H and O–H groups in total. The zero-order valence-electron chi connectivity index (χ0n) is 24.1. The molecular formula is C30H38F3N5O3S. The minimum absolute atomic E-state index is 0.0192. The van der Waals surface area contributed by atoms with Crippen LogP contribution < -0.4 is 5.73 Å². The van der Waals surface area contributed by atoms with Gasteiger partial charge in [-0.15, -0.1) is 0 Å². The van der Waals surface area contributed by atoms with E-state index in [0.717, 1.165) is 23.8 Å². The van der Waals surface area contributed by atoms with Crippen molar-refractivity contribution >= 4 is 15.9 Å². The van der Waals surface area contributed by atoms with Crippen LogP contribution >= 0.6 is 0 Å². The number of amides is 2. The van der Waals surface area contributed by atoms with Crippen molar-refractivity contribution in [2.75, 3.05) is 37.8 Å². The largest absolute Gasteiger partial charge is 0.328 e. The molecule has 0 bridgehead atoms. The van der Waals surface area contributed by atoms with Crippen LogP contribution in [0.15, 0.2) is 54.7 Å². The number of nitrogens with two attached hydrogens (primary N) is 1. The molecule has 4 rings (SSSR count). The molecule has 2 atom stereocenters. The first-order chi connectivity index (χ1) is 19.8. The Bertz CT molecular complexity index is 1480. The summed E-state index contributed by atoms with van der Waals surface area (Å²) in [5.74, 6) is -1.13.